The molecule has 166 valence electrons. The Morgan fingerprint density at radius 1 is 0.969 bits per heavy atom. The minimum absolute atomic E-state index is 0.0888. The fourth-order valence-electron chi connectivity index (χ4n) is 2.81. The van der Waals surface area contributed by atoms with E-state index in [1.807, 2.05) is 31.2 Å². The van der Waals surface area contributed by atoms with E-state index in [2.05, 4.69) is 25.8 Å². The predicted octanol–water partition coefficient (Wildman–Crippen LogP) is 3.85. The molecule has 0 saturated carbocycles. The summed E-state index contributed by atoms with van der Waals surface area (Å²) in [5.74, 6) is -0.588. The zero-order valence-electron chi connectivity index (χ0n) is 18.3. The van der Waals surface area contributed by atoms with Gasteiger partial charge in [-0.2, -0.15) is 0 Å². The van der Waals surface area contributed by atoms with Gasteiger partial charge in [0.1, 0.15) is 0 Å². The molecule has 3 N–H and O–H groups in total. The van der Waals surface area contributed by atoms with Gasteiger partial charge in [0.25, 0.3) is 5.56 Å². The highest BCUT2D eigenvalue weighted by Gasteiger charge is 2.19. The number of rotatable bonds is 7. The number of nitrogens with zero attached hydrogens (tertiary/aromatic N) is 2. The molecule has 0 bridgehead atoms. The van der Waals surface area contributed by atoms with E-state index in [0.29, 0.717) is 16.9 Å². The Morgan fingerprint density at radius 2 is 1.72 bits per heavy atom. The first-order valence-corrected chi connectivity index (χ1v) is 11.0. The third-order valence-corrected chi connectivity index (χ3v) is 5.56. The molecule has 32 heavy (non-hydrogen) atoms. The van der Waals surface area contributed by atoms with Crippen LogP contribution in [0.3, 0.4) is 0 Å². The summed E-state index contributed by atoms with van der Waals surface area (Å²) in [5, 5.41) is 13.5. The van der Waals surface area contributed by atoms with Gasteiger partial charge in [0.2, 0.25) is 11.8 Å². The molecule has 0 aliphatic rings. The number of hydrogen-bond donors (Lipinski definition) is 3. The van der Waals surface area contributed by atoms with E-state index < -0.39 is 10.8 Å². The lowest BCUT2D eigenvalue weighted by molar-refractivity contribution is -0.119. The highest BCUT2D eigenvalue weighted by Crippen LogP contribution is 2.25. The minimum Gasteiger partial charge on any atom is -0.325 e. The Kier molecular flexibility index (Phi) is 7.42. The SMILES string of the molecule is Cc1cccc(NC(=O)[C@@H](C)Sc2nnc(-c3ccccc3NC(=O)C(C)C)c(=O)[nH]2)c1. The molecule has 0 spiro atoms. The van der Waals surface area contributed by atoms with Crippen molar-refractivity contribution in [1.29, 1.82) is 0 Å². The fraction of sp³-hybridized carbons (Fsp3) is 0.261. The number of para-hydroxylation sites is 1. The van der Waals surface area contributed by atoms with Crippen molar-refractivity contribution in [1.82, 2.24) is 15.2 Å². The van der Waals surface area contributed by atoms with Crippen molar-refractivity contribution in [3.05, 3.63) is 64.4 Å². The van der Waals surface area contributed by atoms with Crippen LogP contribution in [0, 0.1) is 12.8 Å². The van der Waals surface area contributed by atoms with Crippen molar-refractivity contribution in [3.8, 4) is 11.3 Å². The number of aromatic amines is 1. The molecule has 0 unspecified atom stereocenters. The maximum Gasteiger partial charge on any atom is 0.278 e. The van der Waals surface area contributed by atoms with Crippen LogP contribution in [0.1, 0.15) is 26.3 Å². The molecule has 0 fully saturated rings. The molecule has 3 aromatic rings. The fourth-order valence-corrected chi connectivity index (χ4v) is 3.56. The maximum absolute atomic E-state index is 12.7. The van der Waals surface area contributed by atoms with Crippen LogP contribution in [0.15, 0.2) is 58.5 Å². The number of aryl methyl sites for hydroxylation is 1. The summed E-state index contributed by atoms with van der Waals surface area (Å²) >= 11 is 1.10. The Labute approximate surface area is 190 Å². The van der Waals surface area contributed by atoms with Gasteiger partial charge < -0.3 is 10.6 Å². The van der Waals surface area contributed by atoms with Crippen molar-refractivity contribution in [2.75, 3.05) is 10.6 Å². The average molecular weight is 452 g/mol. The zero-order chi connectivity index (χ0) is 23.3. The molecular weight excluding hydrogens is 426 g/mol. The number of aromatic nitrogens is 3. The van der Waals surface area contributed by atoms with E-state index in [0.717, 1.165) is 17.3 Å². The summed E-state index contributed by atoms with van der Waals surface area (Å²) in [7, 11) is 0. The third-order valence-electron chi connectivity index (χ3n) is 4.58. The van der Waals surface area contributed by atoms with Crippen molar-refractivity contribution < 1.29 is 9.59 Å². The molecule has 0 radical (unpaired) electrons. The lowest BCUT2D eigenvalue weighted by Gasteiger charge is -2.13. The molecule has 0 saturated heterocycles. The first-order chi connectivity index (χ1) is 15.2. The summed E-state index contributed by atoms with van der Waals surface area (Å²) in [5.41, 5.74) is 2.33. The topological polar surface area (TPSA) is 117 Å². The zero-order valence-corrected chi connectivity index (χ0v) is 19.1. The highest BCUT2D eigenvalue weighted by molar-refractivity contribution is 8.00. The first kappa shape index (κ1) is 23.2. The van der Waals surface area contributed by atoms with Crippen molar-refractivity contribution in [3.63, 3.8) is 0 Å². The van der Waals surface area contributed by atoms with Crippen molar-refractivity contribution in [2.24, 2.45) is 5.92 Å². The predicted molar refractivity (Wildman–Crippen MR) is 127 cm³/mol. The summed E-state index contributed by atoms with van der Waals surface area (Å²) in [6, 6.07) is 14.4. The highest BCUT2D eigenvalue weighted by atomic mass is 32.2. The quantitative estimate of drug-likeness (QED) is 0.470. The van der Waals surface area contributed by atoms with Crippen LogP contribution in [-0.2, 0) is 9.59 Å². The van der Waals surface area contributed by atoms with Crippen LogP contribution < -0.4 is 16.2 Å². The van der Waals surface area contributed by atoms with E-state index in [-0.39, 0.29) is 28.6 Å². The molecular formula is C23H25N5O3S. The number of benzene rings is 2. The van der Waals surface area contributed by atoms with E-state index in [1.54, 1.807) is 45.0 Å². The van der Waals surface area contributed by atoms with Crippen LogP contribution in [0.5, 0.6) is 0 Å². The number of carbonyl (C=O) groups excluding carboxylic acids is 2. The van der Waals surface area contributed by atoms with E-state index in [9.17, 15) is 14.4 Å². The molecule has 1 atom stereocenters. The van der Waals surface area contributed by atoms with Crippen LogP contribution >= 0.6 is 11.8 Å². The molecule has 0 aliphatic carbocycles. The summed E-state index contributed by atoms with van der Waals surface area (Å²) in [6.45, 7) is 7.24. The second-order valence-corrected chi connectivity index (χ2v) is 8.95. The smallest absolute Gasteiger partial charge is 0.278 e. The van der Waals surface area contributed by atoms with Gasteiger partial charge in [-0.3, -0.25) is 19.4 Å². The van der Waals surface area contributed by atoms with Crippen LogP contribution in [-0.4, -0.2) is 32.2 Å². The van der Waals surface area contributed by atoms with E-state index >= 15 is 0 Å². The maximum atomic E-state index is 12.7. The normalized spacial score (nSPS) is 11.8. The van der Waals surface area contributed by atoms with Gasteiger partial charge >= 0.3 is 0 Å². The van der Waals surface area contributed by atoms with Crippen molar-refractivity contribution in [2.45, 2.75) is 38.1 Å². The molecule has 3 rings (SSSR count). The Bertz CT molecular complexity index is 1190. The summed E-state index contributed by atoms with van der Waals surface area (Å²) in [6.07, 6.45) is 0. The molecule has 2 amide bonds. The van der Waals surface area contributed by atoms with E-state index in [4.69, 9.17) is 0 Å². The Balaban J connectivity index is 1.75. The number of anilines is 2. The number of thioether (sulfide) groups is 1. The molecule has 8 nitrogen and oxygen atoms in total. The van der Waals surface area contributed by atoms with Crippen molar-refractivity contribution >= 4 is 35.0 Å². The van der Waals surface area contributed by atoms with Gasteiger partial charge in [-0.1, -0.05) is 55.9 Å². The molecule has 1 aromatic heterocycles. The second-order valence-electron chi connectivity index (χ2n) is 7.62. The second kappa shape index (κ2) is 10.2. The summed E-state index contributed by atoms with van der Waals surface area (Å²) < 4.78 is 0. The van der Waals surface area contributed by atoms with Crippen LogP contribution in [0.25, 0.3) is 11.3 Å². The molecule has 2 aromatic carbocycles. The van der Waals surface area contributed by atoms with Gasteiger partial charge in [0.15, 0.2) is 10.9 Å². The number of amides is 2. The standard InChI is InChI=1S/C23H25N5O3S/c1-13(2)20(29)25-18-11-6-5-10-17(18)19-22(31)26-23(28-27-19)32-15(4)21(30)24-16-9-7-8-14(3)12-16/h5-13,15H,1-4H3,(H,24,30)(H,25,29)(H,26,28,31)/t15-/m1/s1. The Morgan fingerprint density at radius 3 is 2.41 bits per heavy atom. The van der Waals surface area contributed by atoms with Gasteiger partial charge in [-0.25, -0.2) is 0 Å². The van der Waals surface area contributed by atoms with E-state index in [1.165, 1.54) is 0 Å². The minimum atomic E-state index is -0.510. The van der Waals surface area contributed by atoms with Gasteiger partial charge in [-0.15, -0.1) is 10.2 Å². The molecule has 1 heterocycles. The summed E-state index contributed by atoms with van der Waals surface area (Å²) in [4.78, 5) is 40.0. The van der Waals surface area contributed by atoms with Crippen LogP contribution in [0.2, 0.25) is 0 Å². The lowest BCUT2D eigenvalue weighted by atomic mass is 10.1. The first-order valence-electron chi connectivity index (χ1n) is 10.2. The Hall–Kier alpha value is -3.46. The van der Waals surface area contributed by atoms with Crippen LogP contribution in [0.4, 0.5) is 11.4 Å². The number of hydrogen-bond acceptors (Lipinski definition) is 6. The molecule has 0 aliphatic heterocycles. The number of nitrogens with one attached hydrogen (secondary N) is 3. The average Bonchev–Trinajstić information content (AvgIpc) is 2.74. The van der Waals surface area contributed by atoms with Gasteiger partial charge in [0, 0.05) is 17.2 Å². The lowest BCUT2D eigenvalue weighted by Crippen LogP contribution is -2.24. The molecule has 9 heteroatoms. The number of carbonyl (C=O) groups is 2. The third kappa shape index (κ3) is 5.82. The van der Waals surface area contributed by atoms with Gasteiger partial charge in [0.05, 0.1) is 10.9 Å². The largest absolute Gasteiger partial charge is 0.325 e. The van der Waals surface area contributed by atoms with Gasteiger partial charge in [-0.05, 0) is 37.6 Å². The monoisotopic (exact) mass is 451 g/mol. The number of H-pyrrole nitrogens is 1.